The number of rotatable bonds is 4. The number of anilines is 1. The van der Waals surface area contributed by atoms with Gasteiger partial charge in [-0.05, 0) is 72.7 Å². The molecule has 6 nitrogen and oxygen atoms in total. The van der Waals surface area contributed by atoms with Crippen molar-refractivity contribution in [3.05, 3.63) is 88.7 Å². The van der Waals surface area contributed by atoms with Gasteiger partial charge in [-0.2, -0.15) is 5.10 Å². The summed E-state index contributed by atoms with van der Waals surface area (Å²) in [5, 5.41) is 16.1. The molecular weight excluding hydrogens is 537 g/mol. The average molecular weight is 562 g/mol. The molecule has 1 fully saturated rings. The number of phenols is 1. The molecule has 2 aromatic carbocycles. The Morgan fingerprint density at radius 3 is 2.72 bits per heavy atom. The Morgan fingerprint density at radius 2 is 2.00 bits per heavy atom. The van der Waals surface area contributed by atoms with E-state index in [4.69, 9.17) is 11.6 Å². The van der Waals surface area contributed by atoms with E-state index in [1.54, 1.807) is 48.2 Å². The number of aromatic hydroxyl groups is 1. The first-order chi connectivity index (χ1) is 18.6. The number of hydrogen-bond donors (Lipinski definition) is 1. The van der Waals surface area contributed by atoms with Gasteiger partial charge in [0.15, 0.2) is 11.6 Å². The molecule has 3 heterocycles. The van der Waals surface area contributed by atoms with Crippen LogP contribution in [0, 0.1) is 24.1 Å². The molecule has 4 aromatic rings. The number of amides is 2. The molecule has 2 amide bonds. The standard InChI is InChI=1S/C30H25ClFN3O3S/c1-5-16-6-9-20-28(37)35(29(38)30(20,3)26(16)17-7-10-23(36)21(32)12-17)25-14-22(33-34(25)4)27-15(2)19-13-18(31)8-11-24(19)39-27/h5-8,10-14,20,26,36H,1,9H2,2-4H3/t20-,26+,30+/m0/s1. The molecule has 198 valence electrons. The third-order valence-corrected chi connectivity index (χ3v) is 9.71. The van der Waals surface area contributed by atoms with Crippen LogP contribution in [-0.4, -0.2) is 26.7 Å². The number of fused-ring (bicyclic) bond motifs is 2. The van der Waals surface area contributed by atoms with Crippen LogP contribution in [0.4, 0.5) is 10.2 Å². The maximum absolute atomic E-state index is 14.4. The summed E-state index contributed by atoms with van der Waals surface area (Å²) in [5.74, 6) is -2.85. The lowest BCUT2D eigenvalue weighted by atomic mass is 9.60. The molecule has 39 heavy (non-hydrogen) atoms. The molecule has 0 spiro atoms. The fourth-order valence-corrected chi connectivity index (χ4v) is 7.48. The number of halogens is 2. The summed E-state index contributed by atoms with van der Waals surface area (Å²) >= 11 is 7.80. The van der Waals surface area contributed by atoms with Crippen molar-refractivity contribution in [2.24, 2.45) is 18.4 Å². The predicted octanol–water partition coefficient (Wildman–Crippen LogP) is 6.90. The van der Waals surface area contributed by atoms with E-state index in [-0.39, 0.29) is 11.8 Å². The number of carbonyl (C=O) groups is 2. The Morgan fingerprint density at radius 1 is 1.23 bits per heavy atom. The van der Waals surface area contributed by atoms with Crippen LogP contribution in [0.25, 0.3) is 20.7 Å². The second-order valence-electron chi connectivity index (χ2n) is 10.3. The molecule has 0 bridgehead atoms. The Labute approximate surface area is 233 Å². The van der Waals surface area contributed by atoms with Crippen molar-refractivity contribution >= 4 is 50.7 Å². The Hall–Kier alpha value is -3.75. The van der Waals surface area contributed by atoms with Crippen LogP contribution < -0.4 is 4.90 Å². The smallest absolute Gasteiger partial charge is 0.242 e. The number of hydrogen-bond acceptors (Lipinski definition) is 5. The minimum atomic E-state index is -1.19. The lowest BCUT2D eigenvalue weighted by Crippen LogP contribution is -2.42. The molecule has 0 radical (unpaired) electrons. The summed E-state index contributed by atoms with van der Waals surface area (Å²) in [6, 6.07) is 11.6. The largest absolute Gasteiger partial charge is 0.505 e. The molecule has 1 aliphatic heterocycles. The van der Waals surface area contributed by atoms with E-state index in [0.717, 1.165) is 26.1 Å². The molecule has 2 aromatic heterocycles. The van der Waals surface area contributed by atoms with Crippen molar-refractivity contribution in [2.75, 3.05) is 4.90 Å². The molecular formula is C30H25ClFN3O3S. The van der Waals surface area contributed by atoms with Gasteiger partial charge in [-0.1, -0.05) is 36.4 Å². The van der Waals surface area contributed by atoms with Crippen molar-refractivity contribution < 1.29 is 19.1 Å². The van der Waals surface area contributed by atoms with Gasteiger partial charge in [0.2, 0.25) is 11.8 Å². The normalized spacial score (nSPS) is 22.9. The SMILES string of the molecule is C=CC1=CC[C@H]2C(=O)N(c3cc(-c4sc5ccc(Cl)cc5c4C)nn3C)C(=O)[C@@]2(C)[C@H]1c1ccc(O)c(F)c1. The average Bonchev–Trinajstić information content (AvgIpc) is 3.50. The van der Waals surface area contributed by atoms with Crippen molar-refractivity contribution in [2.45, 2.75) is 26.2 Å². The number of allylic oxidation sites excluding steroid dienone is 3. The molecule has 1 aliphatic carbocycles. The number of aromatic nitrogens is 2. The molecule has 2 aliphatic rings. The zero-order valence-electron chi connectivity index (χ0n) is 21.5. The van der Waals surface area contributed by atoms with Gasteiger partial charge in [0.1, 0.15) is 11.5 Å². The lowest BCUT2D eigenvalue weighted by Gasteiger charge is -2.40. The summed E-state index contributed by atoms with van der Waals surface area (Å²) in [6.45, 7) is 7.68. The van der Waals surface area contributed by atoms with Crippen molar-refractivity contribution in [3.8, 4) is 16.3 Å². The first-order valence-electron chi connectivity index (χ1n) is 12.5. The Balaban J connectivity index is 1.45. The zero-order chi connectivity index (χ0) is 27.8. The van der Waals surface area contributed by atoms with Gasteiger partial charge in [-0.25, -0.2) is 9.29 Å². The number of nitrogens with zero attached hydrogens (tertiary/aromatic N) is 3. The van der Waals surface area contributed by atoms with Crippen LogP contribution in [0.15, 0.2) is 66.8 Å². The minimum absolute atomic E-state index is 0.319. The van der Waals surface area contributed by atoms with Gasteiger partial charge in [0.05, 0.1) is 16.2 Å². The molecule has 1 saturated heterocycles. The summed E-state index contributed by atoms with van der Waals surface area (Å²) in [6.07, 6.45) is 3.90. The monoisotopic (exact) mass is 561 g/mol. The van der Waals surface area contributed by atoms with E-state index >= 15 is 0 Å². The third kappa shape index (κ3) is 3.62. The van der Waals surface area contributed by atoms with E-state index in [1.165, 1.54) is 17.0 Å². The van der Waals surface area contributed by atoms with Gasteiger partial charge in [-0.3, -0.25) is 14.3 Å². The Bertz CT molecular complexity index is 1760. The molecule has 1 N–H and O–H groups in total. The maximum Gasteiger partial charge on any atom is 0.242 e. The van der Waals surface area contributed by atoms with Gasteiger partial charge < -0.3 is 5.11 Å². The lowest BCUT2D eigenvalue weighted by molar-refractivity contribution is -0.127. The highest BCUT2D eigenvalue weighted by atomic mass is 35.5. The highest BCUT2D eigenvalue weighted by molar-refractivity contribution is 7.22. The number of thiophene rings is 1. The zero-order valence-corrected chi connectivity index (χ0v) is 23.1. The van der Waals surface area contributed by atoms with Gasteiger partial charge >= 0.3 is 0 Å². The topological polar surface area (TPSA) is 75.4 Å². The number of carbonyl (C=O) groups excluding carboxylic acids is 2. The number of imide groups is 1. The van der Waals surface area contributed by atoms with Crippen molar-refractivity contribution in [1.29, 1.82) is 0 Å². The van der Waals surface area contributed by atoms with Crippen LogP contribution in [0.3, 0.4) is 0 Å². The fourth-order valence-electron chi connectivity index (χ4n) is 6.17. The van der Waals surface area contributed by atoms with E-state index in [0.29, 0.717) is 28.5 Å². The number of aryl methyl sites for hydroxylation is 2. The third-order valence-electron chi connectivity index (χ3n) is 8.18. The van der Waals surface area contributed by atoms with E-state index in [9.17, 15) is 19.1 Å². The number of benzene rings is 2. The van der Waals surface area contributed by atoms with Crippen LogP contribution >= 0.6 is 22.9 Å². The summed E-state index contributed by atoms with van der Waals surface area (Å²) in [5.41, 5.74) is 1.73. The summed E-state index contributed by atoms with van der Waals surface area (Å²) in [7, 11) is 1.71. The van der Waals surface area contributed by atoms with Gasteiger partial charge in [0, 0.05) is 28.8 Å². The second-order valence-corrected chi connectivity index (χ2v) is 11.8. The predicted molar refractivity (Wildman–Crippen MR) is 152 cm³/mol. The maximum atomic E-state index is 14.4. The summed E-state index contributed by atoms with van der Waals surface area (Å²) < 4.78 is 17.0. The van der Waals surface area contributed by atoms with Crippen LogP contribution in [0.1, 0.15) is 30.4 Å². The molecule has 9 heteroatoms. The molecule has 6 rings (SSSR count). The van der Waals surface area contributed by atoms with E-state index in [1.807, 2.05) is 31.2 Å². The molecule has 3 atom stereocenters. The van der Waals surface area contributed by atoms with Gasteiger partial charge in [-0.15, -0.1) is 11.3 Å². The first kappa shape index (κ1) is 25.5. The van der Waals surface area contributed by atoms with Crippen LogP contribution in [-0.2, 0) is 16.6 Å². The van der Waals surface area contributed by atoms with Gasteiger partial charge in [0.25, 0.3) is 0 Å². The van der Waals surface area contributed by atoms with E-state index < -0.39 is 28.8 Å². The quantitative estimate of drug-likeness (QED) is 0.275. The minimum Gasteiger partial charge on any atom is -0.505 e. The summed E-state index contributed by atoms with van der Waals surface area (Å²) in [4.78, 5) is 30.3. The Kier molecular flexibility index (Phi) is 5.82. The van der Waals surface area contributed by atoms with Crippen molar-refractivity contribution in [1.82, 2.24) is 9.78 Å². The number of phenolic OH excluding ortho intramolecular Hbond substituents is 1. The first-order valence-corrected chi connectivity index (χ1v) is 13.7. The van der Waals surface area contributed by atoms with Crippen molar-refractivity contribution in [3.63, 3.8) is 0 Å². The highest BCUT2D eigenvalue weighted by Crippen LogP contribution is 2.57. The highest BCUT2D eigenvalue weighted by Gasteiger charge is 2.62. The van der Waals surface area contributed by atoms with Crippen LogP contribution in [0.5, 0.6) is 5.75 Å². The van der Waals surface area contributed by atoms with E-state index in [2.05, 4.69) is 11.7 Å². The second kappa shape index (κ2) is 8.89. The fraction of sp³-hybridized carbons (Fsp3) is 0.233. The van der Waals surface area contributed by atoms with Crippen LogP contribution in [0.2, 0.25) is 5.02 Å². The molecule has 0 unspecified atom stereocenters. The molecule has 0 saturated carbocycles.